The molecule has 1 amide bonds. The molecule has 1 fully saturated rings. The fourth-order valence-corrected chi connectivity index (χ4v) is 3.35. The Morgan fingerprint density at radius 3 is 2.79 bits per heavy atom. The van der Waals surface area contributed by atoms with Gasteiger partial charge in [-0.2, -0.15) is 0 Å². The van der Waals surface area contributed by atoms with Crippen molar-refractivity contribution in [1.29, 1.82) is 0 Å². The third-order valence-electron chi connectivity index (χ3n) is 3.61. The number of nitrogens with two attached hydrogens (primary N) is 1. The molecule has 0 bridgehead atoms. The van der Waals surface area contributed by atoms with Crippen molar-refractivity contribution in [1.82, 2.24) is 5.32 Å². The van der Waals surface area contributed by atoms with Crippen LogP contribution in [-0.2, 0) is 16.0 Å². The number of carbonyl (C=O) groups is 1. The summed E-state index contributed by atoms with van der Waals surface area (Å²) in [5, 5.41) is 2.99. The van der Waals surface area contributed by atoms with Crippen LogP contribution in [-0.4, -0.2) is 32.2 Å². The average molecular weight is 303 g/mol. The van der Waals surface area contributed by atoms with Gasteiger partial charge in [-0.3, -0.25) is 4.79 Å². The number of carbonyl (C=O) groups excluding carboxylic acids is 1. The first-order valence-electron chi connectivity index (χ1n) is 6.47. The molecule has 4 nitrogen and oxygen atoms in total. The van der Waals surface area contributed by atoms with Gasteiger partial charge in [0.15, 0.2) is 0 Å². The maximum atomic E-state index is 12.3. The predicted molar refractivity (Wildman–Crippen MR) is 77.6 cm³/mol. The second kappa shape index (κ2) is 6.70. The lowest BCUT2D eigenvalue weighted by atomic mass is 9.79. The number of amides is 1. The van der Waals surface area contributed by atoms with Gasteiger partial charge in [0.25, 0.3) is 0 Å². The molecule has 1 aliphatic rings. The number of nitrogens with one attached hydrogen (secondary N) is 1. The van der Waals surface area contributed by atoms with E-state index in [1.165, 1.54) is 4.88 Å². The van der Waals surface area contributed by atoms with E-state index in [4.69, 9.17) is 22.1 Å². The second-order valence-corrected chi connectivity index (χ2v) is 6.61. The Morgan fingerprint density at radius 2 is 2.21 bits per heavy atom. The van der Waals surface area contributed by atoms with Gasteiger partial charge < -0.3 is 15.8 Å². The largest absolute Gasteiger partial charge is 0.381 e. The number of hydrogen-bond donors (Lipinski definition) is 2. The van der Waals surface area contributed by atoms with Gasteiger partial charge >= 0.3 is 0 Å². The standard InChI is InChI=1S/C13H19ClN2O2S/c14-11-2-1-10(19-11)3-6-16-12(17)13(9-15)4-7-18-8-5-13/h1-2H,3-9,15H2,(H,16,17). The van der Waals surface area contributed by atoms with Crippen molar-refractivity contribution in [2.75, 3.05) is 26.3 Å². The van der Waals surface area contributed by atoms with E-state index in [0.29, 0.717) is 39.1 Å². The summed E-state index contributed by atoms with van der Waals surface area (Å²) in [6, 6.07) is 3.87. The highest BCUT2D eigenvalue weighted by molar-refractivity contribution is 7.16. The fourth-order valence-electron chi connectivity index (χ4n) is 2.26. The fraction of sp³-hybridized carbons (Fsp3) is 0.615. The Bertz CT molecular complexity index is 430. The minimum Gasteiger partial charge on any atom is -0.381 e. The molecule has 106 valence electrons. The van der Waals surface area contributed by atoms with Crippen LogP contribution in [0.2, 0.25) is 4.34 Å². The molecule has 1 aliphatic heterocycles. The zero-order valence-electron chi connectivity index (χ0n) is 10.8. The molecular weight excluding hydrogens is 284 g/mol. The predicted octanol–water partition coefficient (Wildman–Crippen LogP) is 1.82. The normalized spacial score (nSPS) is 18.2. The smallest absolute Gasteiger partial charge is 0.227 e. The Labute approximate surface area is 122 Å². The Kier molecular flexibility index (Phi) is 5.21. The number of hydrogen-bond acceptors (Lipinski definition) is 4. The van der Waals surface area contributed by atoms with Gasteiger partial charge in [0.2, 0.25) is 5.91 Å². The van der Waals surface area contributed by atoms with Crippen molar-refractivity contribution >= 4 is 28.8 Å². The maximum Gasteiger partial charge on any atom is 0.227 e. The molecule has 2 heterocycles. The van der Waals surface area contributed by atoms with E-state index in [2.05, 4.69) is 5.32 Å². The summed E-state index contributed by atoms with van der Waals surface area (Å²) < 4.78 is 6.09. The SMILES string of the molecule is NCC1(C(=O)NCCc2ccc(Cl)s2)CCOCC1. The summed E-state index contributed by atoms with van der Waals surface area (Å²) in [5.41, 5.74) is 5.35. The number of rotatable bonds is 5. The van der Waals surface area contributed by atoms with Gasteiger partial charge in [0, 0.05) is 31.2 Å². The van der Waals surface area contributed by atoms with Crippen LogP contribution in [0.15, 0.2) is 12.1 Å². The number of thiophene rings is 1. The molecule has 0 unspecified atom stereocenters. The molecule has 0 aromatic carbocycles. The molecule has 2 rings (SSSR count). The summed E-state index contributed by atoms with van der Waals surface area (Å²) >= 11 is 7.42. The second-order valence-electron chi connectivity index (χ2n) is 4.81. The highest BCUT2D eigenvalue weighted by Gasteiger charge is 2.38. The summed E-state index contributed by atoms with van der Waals surface area (Å²) in [6.45, 7) is 2.24. The third-order valence-corrected chi connectivity index (χ3v) is 4.90. The van der Waals surface area contributed by atoms with Gasteiger partial charge in [0.1, 0.15) is 0 Å². The summed E-state index contributed by atoms with van der Waals surface area (Å²) in [6.07, 6.45) is 2.22. The van der Waals surface area contributed by atoms with Crippen molar-refractivity contribution in [3.05, 3.63) is 21.3 Å². The van der Waals surface area contributed by atoms with Crippen LogP contribution < -0.4 is 11.1 Å². The molecule has 19 heavy (non-hydrogen) atoms. The molecule has 0 radical (unpaired) electrons. The average Bonchev–Trinajstić information content (AvgIpc) is 2.85. The van der Waals surface area contributed by atoms with Crippen LogP contribution in [0.4, 0.5) is 0 Å². The van der Waals surface area contributed by atoms with E-state index < -0.39 is 5.41 Å². The summed E-state index contributed by atoms with van der Waals surface area (Å²) in [4.78, 5) is 13.5. The van der Waals surface area contributed by atoms with E-state index in [1.807, 2.05) is 12.1 Å². The Hall–Kier alpha value is -0.620. The highest BCUT2D eigenvalue weighted by atomic mass is 35.5. The molecule has 6 heteroatoms. The number of ether oxygens (including phenoxy) is 1. The van der Waals surface area contributed by atoms with Gasteiger partial charge in [0.05, 0.1) is 9.75 Å². The first kappa shape index (κ1) is 14.8. The molecule has 0 aliphatic carbocycles. The number of halogens is 1. The van der Waals surface area contributed by atoms with Gasteiger partial charge in [-0.25, -0.2) is 0 Å². The molecular formula is C13H19ClN2O2S. The van der Waals surface area contributed by atoms with Crippen LogP contribution in [0.5, 0.6) is 0 Å². The lowest BCUT2D eigenvalue weighted by molar-refractivity contribution is -0.135. The van der Waals surface area contributed by atoms with E-state index in [-0.39, 0.29) is 5.91 Å². The first-order chi connectivity index (χ1) is 9.16. The quantitative estimate of drug-likeness (QED) is 0.872. The van der Waals surface area contributed by atoms with Crippen LogP contribution >= 0.6 is 22.9 Å². The van der Waals surface area contributed by atoms with Crippen LogP contribution in [0.25, 0.3) is 0 Å². The van der Waals surface area contributed by atoms with E-state index >= 15 is 0 Å². The molecule has 1 aromatic heterocycles. The molecule has 0 spiro atoms. The van der Waals surface area contributed by atoms with Crippen LogP contribution in [0.1, 0.15) is 17.7 Å². The molecule has 0 atom stereocenters. The van der Waals surface area contributed by atoms with Gasteiger partial charge in [-0.15, -0.1) is 11.3 Å². The zero-order chi connectivity index (χ0) is 13.7. The molecule has 1 saturated heterocycles. The minimum absolute atomic E-state index is 0.0564. The van der Waals surface area contributed by atoms with Crippen molar-refractivity contribution in [3.8, 4) is 0 Å². The lowest BCUT2D eigenvalue weighted by Crippen LogP contribution is -2.49. The van der Waals surface area contributed by atoms with Crippen molar-refractivity contribution < 1.29 is 9.53 Å². The molecule has 1 aromatic rings. The van der Waals surface area contributed by atoms with Gasteiger partial charge in [-0.1, -0.05) is 11.6 Å². The highest BCUT2D eigenvalue weighted by Crippen LogP contribution is 2.29. The van der Waals surface area contributed by atoms with E-state index in [0.717, 1.165) is 10.8 Å². The van der Waals surface area contributed by atoms with Crippen molar-refractivity contribution in [3.63, 3.8) is 0 Å². The third kappa shape index (κ3) is 3.69. The Balaban J connectivity index is 1.82. The topological polar surface area (TPSA) is 64.4 Å². The Morgan fingerprint density at radius 1 is 1.47 bits per heavy atom. The summed E-state index contributed by atoms with van der Waals surface area (Å²) in [5.74, 6) is 0.0564. The van der Waals surface area contributed by atoms with Gasteiger partial charge in [-0.05, 0) is 31.4 Å². The first-order valence-corrected chi connectivity index (χ1v) is 7.66. The van der Waals surface area contributed by atoms with E-state index in [1.54, 1.807) is 11.3 Å². The zero-order valence-corrected chi connectivity index (χ0v) is 12.4. The summed E-state index contributed by atoms with van der Waals surface area (Å²) in [7, 11) is 0. The van der Waals surface area contributed by atoms with Crippen LogP contribution in [0.3, 0.4) is 0 Å². The monoisotopic (exact) mass is 302 g/mol. The lowest BCUT2D eigenvalue weighted by Gasteiger charge is -2.34. The van der Waals surface area contributed by atoms with Crippen molar-refractivity contribution in [2.45, 2.75) is 19.3 Å². The molecule has 3 N–H and O–H groups in total. The van der Waals surface area contributed by atoms with Crippen LogP contribution in [0, 0.1) is 5.41 Å². The molecule has 0 saturated carbocycles. The maximum absolute atomic E-state index is 12.3. The minimum atomic E-state index is -0.439. The van der Waals surface area contributed by atoms with E-state index in [9.17, 15) is 4.79 Å². The van der Waals surface area contributed by atoms with Crippen molar-refractivity contribution in [2.24, 2.45) is 11.1 Å².